The van der Waals surface area contributed by atoms with Crippen LogP contribution in [0.4, 0.5) is 0 Å². The number of benzene rings is 2. The number of nitrogens with zero attached hydrogens (tertiary/aromatic N) is 4. The van der Waals surface area contributed by atoms with Crippen LogP contribution in [0.2, 0.25) is 10.0 Å². The lowest BCUT2D eigenvalue weighted by atomic mass is 10.2. The average Bonchev–Trinajstić information content (AvgIpc) is 3.36. The van der Waals surface area contributed by atoms with Crippen LogP contribution >= 0.6 is 35.0 Å². The number of rotatable bonds is 8. The smallest absolute Gasteiger partial charge is 0.205 e. The molecule has 1 aliphatic carbocycles. The molecule has 0 unspecified atom stereocenters. The number of aromatic nitrogens is 4. The van der Waals surface area contributed by atoms with Gasteiger partial charge in [0.1, 0.15) is 12.4 Å². The molecule has 1 aliphatic rings. The van der Waals surface area contributed by atoms with E-state index in [4.69, 9.17) is 32.4 Å². The van der Waals surface area contributed by atoms with E-state index >= 15 is 0 Å². The second-order valence-corrected chi connectivity index (χ2v) is 8.92. The Bertz CT molecular complexity index is 1190. The van der Waals surface area contributed by atoms with E-state index < -0.39 is 0 Å². The lowest BCUT2D eigenvalue weighted by Crippen LogP contribution is -2.07. The molecule has 9 heteroatoms. The molecule has 0 N–H and O–H groups in total. The van der Waals surface area contributed by atoms with Gasteiger partial charge in [-0.2, -0.15) is 0 Å². The zero-order chi connectivity index (χ0) is 21.2. The molecule has 0 atom stereocenters. The lowest BCUT2D eigenvalue weighted by Gasteiger charge is -2.10. The minimum absolute atomic E-state index is 0.313. The number of halogens is 2. The quantitative estimate of drug-likeness (QED) is 0.274. The molecular formula is C22H18Cl2N4O2S. The summed E-state index contributed by atoms with van der Waals surface area (Å²) in [7, 11) is 0. The van der Waals surface area contributed by atoms with E-state index in [1.807, 2.05) is 42.5 Å². The van der Waals surface area contributed by atoms with Gasteiger partial charge in [-0.15, -0.1) is 10.2 Å². The lowest BCUT2D eigenvalue weighted by molar-refractivity contribution is 0.288. The van der Waals surface area contributed by atoms with Gasteiger partial charge < -0.3 is 9.15 Å². The molecule has 4 aromatic rings. The summed E-state index contributed by atoms with van der Waals surface area (Å²) in [5, 5.41) is 10.8. The summed E-state index contributed by atoms with van der Waals surface area (Å²) in [6, 6.07) is 15.3. The van der Waals surface area contributed by atoms with E-state index in [1.165, 1.54) is 0 Å². The Balaban J connectivity index is 1.27. The Morgan fingerprint density at radius 2 is 1.87 bits per heavy atom. The molecule has 31 heavy (non-hydrogen) atoms. The molecule has 158 valence electrons. The average molecular weight is 473 g/mol. The first-order chi connectivity index (χ1) is 15.2. The molecule has 0 bridgehead atoms. The highest BCUT2D eigenvalue weighted by molar-refractivity contribution is 7.98. The second-order valence-electron chi connectivity index (χ2n) is 7.13. The molecule has 5 rings (SSSR count). The molecular weight excluding hydrogens is 455 g/mol. The predicted octanol–water partition coefficient (Wildman–Crippen LogP) is 6.45. The fourth-order valence-electron chi connectivity index (χ4n) is 3.16. The van der Waals surface area contributed by atoms with Crippen molar-refractivity contribution in [3.05, 3.63) is 76.5 Å². The fraction of sp³-hybridized carbons (Fsp3) is 0.227. The molecule has 2 aromatic heterocycles. The molecule has 0 aliphatic heterocycles. The van der Waals surface area contributed by atoms with Crippen molar-refractivity contribution >= 4 is 35.0 Å². The normalized spacial score (nSPS) is 13.5. The van der Waals surface area contributed by atoms with Crippen LogP contribution in [0.15, 0.2) is 64.3 Å². The van der Waals surface area contributed by atoms with Crippen molar-refractivity contribution in [3.63, 3.8) is 0 Å². The van der Waals surface area contributed by atoms with Crippen LogP contribution in [0.1, 0.15) is 30.6 Å². The Kier molecular flexibility index (Phi) is 5.89. The SMILES string of the molecule is Clc1ccc(-c2cnc(CSc3nnc(COc4ccccc4Cl)n3C3CC3)o2)cc1. The molecule has 0 radical (unpaired) electrons. The first-order valence-electron chi connectivity index (χ1n) is 9.82. The third-order valence-corrected chi connectivity index (χ3v) is 6.34. The van der Waals surface area contributed by atoms with Gasteiger partial charge in [0.2, 0.25) is 5.89 Å². The number of ether oxygens (including phenoxy) is 1. The van der Waals surface area contributed by atoms with E-state index in [2.05, 4.69) is 19.7 Å². The summed E-state index contributed by atoms with van der Waals surface area (Å²) in [4.78, 5) is 4.40. The van der Waals surface area contributed by atoms with Crippen LogP contribution in [0.25, 0.3) is 11.3 Å². The third kappa shape index (κ3) is 4.74. The highest BCUT2D eigenvalue weighted by atomic mass is 35.5. The summed E-state index contributed by atoms with van der Waals surface area (Å²) in [5.74, 6) is 3.33. The highest BCUT2D eigenvalue weighted by Gasteiger charge is 2.30. The van der Waals surface area contributed by atoms with Crippen molar-refractivity contribution in [1.82, 2.24) is 19.7 Å². The van der Waals surface area contributed by atoms with Gasteiger partial charge in [-0.25, -0.2) is 4.98 Å². The fourth-order valence-corrected chi connectivity index (χ4v) is 4.35. The molecule has 0 spiro atoms. The predicted molar refractivity (Wildman–Crippen MR) is 121 cm³/mol. The number of para-hydroxylation sites is 1. The monoisotopic (exact) mass is 472 g/mol. The van der Waals surface area contributed by atoms with Gasteiger partial charge in [0.05, 0.1) is 17.0 Å². The van der Waals surface area contributed by atoms with Gasteiger partial charge in [-0.05, 0) is 49.2 Å². The van der Waals surface area contributed by atoms with Crippen molar-refractivity contribution < 1.29 is 9.15 Å². The Labute approximate surface area is 193 Å². The minimum atomic E-state index is 0.313. The maximum Gasteiger partial charge on any atom is 0.205 e. The molecule has 2 aromatic carbocycles. The summed E-state index contributed by atoms with van der Waals surface area (Å²) in [5.41, 5.74) is 0.938. The zero-order valence-corrected chi connectivity index (χ0v) is 18.7. The highest BCUT2D eigenvalue weighted by Crippen LogP contribution is 2.39. The van der Waals surface area contributed by atoms with E-state index in [0.29, 0.717) is 45.8 Å². The first-order valence-corrected chi connectivity index (χ1v) is 11.6. The summed E-state index contributed by atoms with van der Waals surface area (Å²) in [6.07, 6.45) is 3.96. The van der Waals surface area contributed by atoms with E-state index in [0.717, 1.165) is 29.4 Å². The van der Waals surface area contributed by atoms with Crippen LogP contribution in [0.3, 0.4) is 0 Å². The molecule has 1 fully saturated rings. The van der Waals surface area contributed by atoms with Crippen LogP contribution in [0.5, 0.6) is 5.75 Å². The topological polar surface area (TPSA) is 66.0 Å². The van der Waals surface area contributed by atoms with Crippen LogP contribution in [-0.4, -0.2) is 19.7 Å². The molecule has 1 saturated carbocycles. The second kappa shape index (κ2) is 8.94. The molecule has 0 amide bonds. The van der Waals surface area contributed by atoms with Crippen LogP contribution in [0, 0.1) is 0 Å². The van der Waals surface area contributed by atoms with Crippen LogP contribution in [-0.2, 0) is 12.4 Å². The van der Waals surface area contributed by atoms with Gasteiger partial charge >= 0.3 is 0 Å². The van der Waals surface area contributed by atoms with E-state index in [-0.39, 0.29) is 0 Å². The van der Waals surface area contributed by atoms with Gasteiger partial charge in [0.15, 0.2) is 16.7 Å². The Hall–Kier alpha value is -2.48. The summed E-state index contributed by atoms with van der Waals surface area (Å²) < 4.78 is 13.9. The van der Waals surface area contributed by atoms with Crippen molar-refractivity contribution in [3.8, 4) is 17.1 Å². The van der Waals surface area contributed by atoms with Crippen molar-refractivity contribution in [2.24, 2.45) is 0 Å². The van der Waals surface area contributed by atoms with E-state index in [1.54, 1.807) is 24.0 Å². The molecule has 6 nitrogen and oxygen atoms in total. The Morgan fingerprint density at radius 3 is 2.65 bits per heavy atom. The van der Waals surface area contributed by atoms with E-state index in [9.17, 15) is 0 Å². The molecule has 2 heterocycles. The zero-order valence-electron chi connectivity index (χ0n) is 16.4. The Morgan fingerprint density at radius 1 is 1.06 bits per heavy atom. The third-order valence-electron chi connectivity index (χ3n) is 4.85. The summed E-state index contributed by atoms with van der Waals surface area (Å²) in [6.45, 7) is 0.313. The standard InChI is InChI=1S/C22H18Cl2N4O2S/c23-15-7-5-14(6-8-15)19-11-25-21(30-19)13-31-22-27-26-20(28(22)16-9-10-16)12-29-18-4-2-1-3-17(18)24/h1-8,11,16H,9-10,12-13H2. The van der Waals surface area contributed by atoms with Crippen molar-refractivity contribution in [2.45, 2.75) is 36.4 Å². The summed E-state index contributed by atoms with van der Waals surface area (Å²) >= 11 is 13.7. The van der Waals surface area contributed by atoms with Crippen molar-refractivity contribution in [2.75, 3.05) is 0 Å². The van der Waals surface area contributed by atoms with Crippen LogP contribution < -0.4 is 4.74 Å². The van der Waals surface area contributed by atoms with Gasteiger partial charge in [-0.3, -0.25) is 4.57 Å². The number of thioether (sulfide) groups is 1. The van der Waals surface area contributed by atoms with Crippen molar-refractivity contribution in [1.29, 1.82) is 0 Å². The van der Waals surface area contributed by atoms with Gasteiger partial charge in [0.25, 0.3) is 0 Å². The largest absolute Gasteiger partial charge is 0.484 e. The minimum Gasteiger partial charge on any atom is -0.484 e. The number of oxazole rings is 1. The number of hydrogen-bond acceptors (Lipinski definition) is 6. The molecule has 0 saturated heterocycles. The maximum absolute atomic E-state index is 6.19. The first kappa shape index (κ1) is 20.4. The van der Waals surface area contributed by atoms with Gasteiger partial charge in [0, 0.05) is 16.6 Å². The van der Waals surface area contributed by atoms with Gasteiger partial charge in [-0.1, -0.05) is 47.1 Å². The maximum atomic E-state index is 6.19. The number of hydrogen-bond donors (Lipinski definition) is 0.